The molecule has 0 amide bonds. The molecular formula is C12H16Br2N2. The smallest absolute Gasteiger partial charge is 0.0348 e. The fourth-order valence-electron chi connectivity index (χ4n) is 1.90. The van der Waals surface area contributed by atoms with E-state index in [2.05, 4.69) is 67.2 Å². The molecule has 2 rings (SSSR count). The van der Waals surface area contributed by atoms with Gasteiger partial charge in [0.15, 0.2) is 0 Å². The van der Waals surface area contributed by atoms with Gasteiger partial charge in [-0.05, 0) is 56.1 Å². The van der Waals surface area contributed by atoms with E-state index in [1.54, 1.807) is 0 Å². The van der Waals surface area contributed by atoms with E-state index >= 15 is 0 Å². The molecule has 0 aliphatic carbocycles. The summed E-state index contributed by atoms with van der Waals surface area (Å²) in [7, 11) is 0. The number of hydrogen-bond acceptors (Lipinski definition) is 2. The van der Waals surface area contributed by atoms with Crippen LogP contribution in [-0.2, 0) is 6.54 Å². The molecule has 0 unspecified atom stereocenters. The Bertz CT molecular complexity index is 364. The molecule has 4 heteroatoms. The number of likely N-dealkylation sites (N-methyl/N-ethyl adjacent to an activating group) is 1. The van der Waals surface area contributed by atoms with Gasteiger partial charge >= 0.3 is 0 Å². The largest absolute Gasteiger partial charge is 0.314 e. The summed E-state index contributed by atoms with van der Waals surface area (Å²) in [5.74, 6) is 0. The van der Waals surface area contributed by atoms with Crippen molar-refractivity contribution < 1.29 is 0 Å². The van der Waals surface area contributed by atoms with E-state index in [4.69, 9.17) is 0 Å². The Hall–Kier alpha value is 0.1000. The third kappa shape index (κ3) is 2.86. The summed E-state index contributed by atoms with van der Waals surface area (Å²) in [5, 5.41) is 3.32. The summed E-state index contributed by atoms with van der Waals surface area (Å²) in [6.07, 6.45) is 0. The SMILES string of the molecule is CCN(Cc1ccc(Br)c(Br)c1)C1CNC1. The van der Waals surface area contributed by atoms with Crippen LogP contribution >= 0.6 is 31.9 Å². The number of halogens is 2. The van der Waals surface area contributed by atoms with Gasteiger partial charge in [-0.1, -0.05) is 13.0 Å². The van der Waals surface area contributed by atoms with Gasteiger partial charge in [-0.3, -0.25) is 4.90 Å². The van der Waals surface area contributed by atoms with Gasteiger partial charge in [-0.15, -0.1) is 0 Å². The molecule has 1 aliphatic heterocycles. The molecule has 1 N–H and O–H groups in total. The van der Waals surface area contributed by atoms with E-state index < -0.39 is 0 Å². The first kappa shape index (κ1) is 12.6. The molecule has 1 aromatic rings. The lowest BCUT2D eigenvalue weighted by molar-refractivity contribution is 0.145. The van der Waals surface area contributed by atoms with Crippen molar-refractivity contribution in [3.8, 4) is 0 Å². The summed E-state index contributed by atoms with van der Waals surface area (Å²) in [4.78, 5) is 2.52. The molecule has 1 aliphatic rings. The number of benzene rings is 1. The number of nitrogens with zero attached hydrogens (tertiary/aromatic N) is 1. The summed E-state index contributed by atoms with van der Waals surface area (Å²) in [5.41, 5.74) is 1.36. The first-order valence-electron chi connectivity index (χ1n) is 5.59. The van der Waals surface area contributed by atoms with Gasteiger partial charge in [0.2, 0.25) is 0 Å². The standard InChI is InChI=1S/C12H16Br2N2/c1-2-16(10-6-15-7-10)8-9-3-4-11(13)12(14)5-9/h3-5,10,15H,2,6-8H2,1H3. The molecule has 16 heavy (non-hydrogen) atoms. The van der Waals surface area contributed by atoms with E-state index in [9.17, 15) is 0 Å². The Morgan fingerprint density at radius 2 is 2.06 bits per heavy atom. The third-order valence-corrected chi connectivity index (χ3v) is 4.93. The highest BCUT2D eigenvalue weighted by molar-refractivity contribution is 9.13. The zero-order valence-electron chi connectivity index (χ0n) is 9.34. The maximum absolute atomic E-state index is 3.55. The van der Waals surface area contributed by atoms with Crippen LogP contribution in [0.25, 0.3) is 0 Å². The number of hydrogen-bond donors (Lipinski definition) is 1. The average molecular weight is 348 g/mol. The fourth-order valence-corrected chi connectivity index (χ4v) is 2.58. The Balaban J connectivity index is 2.03. The van der Waals surface area contributed by atoms with Crippen molar-refractivity contribution in [3.05, 3.63) is 32.7 Å². The lowest BCUT2D eigenvalue weighted by Gasteiger charge is -2.37. The lowest BCUT2D eigenvalue weighted by Crippen LogP contribution is -2.56. The Morgan fingerprint density at radius 1 is 1.31 bits per heavy atom. The molecule has 88 valence electrons. The van der Waals surface area contributed by atoms with E-state index in [1.165, 1.54) is 5.56 Å². The van der Waals surface area contributed by atoms with Crippen LogP contribution in [0, 0.1) is 0 Å². The van der Waals surface area contributed by atoms with E-state index in [1.807, 2.05) is 0 Å². The first-order chi connectivity index (χ1) is 7.70. The Kier molecular flexibility index (Phi) is 4.41. The van der Waals surface area contributed by atoms with Crippen LogP contribution in [0.5, 0.6) is 0 Å². The van der Waals surface area contributed by atoms with Crippen LogP contribution in [0.3, 0.4) is 0 Å². The molecule has 1 fully saturated rings. The minimum Gasteiger partial charge on any atom is -0.314 e. The van der Waals surface area contributed by atoms with Gasteiger partial charge in [-0.2, -0.15) is 0 Å². The summed E-state index contributed by atoms with van der Waals surface area (Å²) >= 11 is 7.04. The zero-order chi connectivity index (χ0) is 11.5. The Morgan fingerprint density at radius 3 is 2.56 bits per heavy atom. The minimum absolute atomic E-state index is 0.715. The predicted molar refractivity (Wildman–Crippen MR) is 74.6 cm³/mol. The highest BCUT2D eigenvalue weighted by Gasteiger charge is 2.23. The molecule has 0 spiro atoms. The van der Waals surface area contributed by atoms with Crippen molar-refractivity contribution in [2.75, 3.05) is 19.6 Å². The normalized spacial score (nSPS) is 16.5. The van der Waals surface area contributed by atoms with Crippen molar-refractivity contribution in [3.63, 3.8) is 0 Å². The van der Waals surface area contributed by atoms with Crippen molar-refractivity contribution in [2.24, 2.45) is 0 Å². The molecule has 0 bridgehead atoms. The monoisotopic (exact) mass is 346 g/mol. The van der Waals surface area contributed by atoms with Crippen LogP contribution in [0.2, 0.25) is 0 Å². The van der Waals surface area contributed by atoms with E-state index in [0.29, 0.717) is 6.04 Å². The molecule has 0 saturated carbocycles. The van der Waals surface area contributed by atoms with E-state index in [0.717, 1.165) is 35.1 Å². The zero-order valence-corrected chi connectivity index (χ0v) is 12.5. The maximum atomic E-state index is 3.55. The summed E-state index contributed by atoms with van der Waals surface area (Å²) < 4.78 is 2.25. The van der Waals surface area contributed by atoms with Crippen LogP contribution in [0.1, 0.15) is 12.5 Å². The van der Waals surface area contributed by atoms with Crippen LogP contribution in [-0.4, -0.2) is 30.6 Å². The average Bonchev–Trinajstić information content (AvgIpc) is 2.20. The second-order valence-corrected chi connectivity index (χ2v) is 5.83. The third-order valence-electron chi connectivity index (χ3n) is 3.05. The molecular weight excluding hydrogens is 332 g/mol. The van der Waals surface area contributed by atoms with Crippen molar-refractivity contribution in [1.29, 1.82) is 0 Å². The topological polar surface area (TPSA) is 15.3 Å². The Labute approximate surface area is 114 Å². The summed E-state index contributed by atoms with van der Waals surface area (Å²) in [6.45, 7) is 6.64. The van der Waals surface area contributed by atoms with Gasteiger partial charge in [-0.25, -0.2) is 0 Å². The van der Waals surface area contributed by atoms with Crippen LogP contribution in [0.4, 0.5) is 0 Å². The van der Waals surface area contributed by atoms with Crippen LogP contribution < -0.4 is 5.32 Å². The second kappa shape index (κ2) is 5.63. The van der Waals surface area contributed by atoms with Crippen molar-refractivity contribution in [2.45, 2.75) is 19.5 Å². The second-order valence-electron chi connectivity index (χ2n) is 4.12. The highest BCUT2D eigenvalue weighted by atomic mass is 79.9. The molecule has 0 aromatic heterocycles. The molecule has 1 saturated heterocycles. The van der Waals surface area contributed by atoms with Gasteiger partial charge in [0.1, 0.15) is 0 Å². The van der Waals surface area contributed by atoms with Crippen molar-refractivity contribution >= 4 is 31.9 Å². The first-order valence-corrected chi connectivity index (χ1v) is 7.18. The molecule has 0 radical (unpaired) electrons. The quantitative estimate of drug-likeness (QED) is 0.900. The van der Waals surface area contributed by atoms with Crippen molar-refractivity contribution in [1.82, 2.24) is 10.2 Å². The summed E-state index contributed by atoms with van der Waals surface area (Å²) in [6, 6.07) is 7.20. The molecule has 0 atom stereocenters. The minimum atomic E-state index is 0.715. The lowest BCUT2D eigenvalue weighted by atomic mass is 10.1. The predicted octanol–water partition coefficient (Wildman–Crippen LogP) is 3.01. The van der Waals surface area contributed by atoms with Gasteiger partial charge in [0.25, 0.3) is 0 Å². The van der Waals surface area contributed by atoms with Crippen LogP contribution in [0.15, 0.2) is 27.1 Å². The number of nitrogens with one attached hydrogen (secondary N) is 1. The highest BCUT2D eigenvalue weighted by Crippen LogP contribution is 2.24. The van der Waals surface area contributed by atoms with Gasteiger partial charge in [0, 0.05) is 34.6 Å². The van der Waals surface area contributed by atoms with E-state index in [-0.39, 0.29) is 0 Å². The maximum Gasteiger partial charge on any atom is 0.0348 e. The fraction of sp³-hybridized carbons (Fsp3) is 0.500. The molecule has 1 heterocycles. The molecule has 1 aromatic carbocycles. The molecule has 2 nitrogen and oxygen atoms in total. The van der Waals surface area contributed by atoms with Gasteiger partial charge in [0.05, 0.1) is 0 Å². The number of rotatable bonds is 4. The van der Waals surface area contributed by atoms with Gasteiger partial charge < -0.3 is 5.32 Å².